The number of nitrogens with two attached hydrogens (primary N) is 1. The van der Waals surface area contributed by atoms with E-state index in [1.807, 2.05) is 0 Å². The monoisotopic (exact) mass is 290 g/mol. The van der Waals surface area contributed by atoms with Crippen molar-refractivity contribution in [1.82, 2.24) is 0 Å². The number of carboxylic acid groups (broad SMARTS) is 1. The highest BCUT2D eigenvalue weighted by atomic mass is 19.4. The smallest absolute Gasteiger partial charge is 0.416 e. The Morgan fingerprint density at radius 2 is 2.00 bits per heavy atom. The fourth-order valence-corrected chi connectivity index (χ4v) is 1.50. The molecule has 0 saturated carbocycles. The lowest BCUT2D eigenvalue weighted by Gasteiger charge is -2.13. The number of halogens is 3. The van der Waals surface area contributed by atoms with Crippen LogP contribution in [0, 0.1) is 0 Å². The highest BCUT2D eigenvalue weighted by Gasteiger charge is 2.31. The van der Waals surface area contributed by atoms with Gasteiger partial charge in [0.2, 0.25) is 5.91 Å². The Hall–Kier alpha value is -2.09. The van der Waals surface area contributed by atoms with Crippen LogP contribution in [0.5, 0.6) is 0 Å². The largest absolute Gasteiger partial charge is 0.478 e. The number of amides is 1. The summed E-state index contributed by atoms with van der Waals surface area (Å²) < 4.78 is 37.7. The first-order valence-corrected chi connectivity index (χ1v) is 5.61. The number of hydrogen-bond donors (Lipinski definition) is 3. The van der Waals surface area contributed by atoms with E-state index in [2.05, 4.69) is 5.32 Å². The Bertz CT molecular complexity index is 527. The molecule has 0 aliphatic rings. The van der Waals surface area contributed by atoms with E-state index in [1.54, 1.807) is 6.92 Å². The second-order valence-corrected chi connectivity index (χ2v) is 4.29. The van der Waals surface area contributed by atoms with Gasteiger partial charge in [-0.1, -0.05) is 0 Å². The summed E-state index contributed by atoms with van der Waals surface area (Å²) in [6, 6.07) is 1.54. The molecule has 0 heterocycles. The number of hydrogen-bond acceptors (Lipinski definition) is 3. The summed E-state index contributed by atoms with van der Waals surface area (Å²) in [4.78, 5) is 22.4. The maximum Gasteiger partial charge on any atom is 0.416 e. The van der Waals surface area contributed by atoms with Crippen molar-refractivity contribution in [2.24, 2.45) is 5.73 Å². The summed E-state index contributed by atoms with van der Waals surface area (Å²) in [5, 5.41) is 11.0. The highest BCUT2D eigenvalue weighted by Crippen LogP contribution is 2.32. The SMILES string of the molecule is CC(N)CC(=O)Nc1cc(C(F)(F)F)ccc1C(=O)O. The lowest BCUT2D eigenvalue weighted by Crippen LogP contribution is -2.25. The molecule has 0 fully saturated rings. The van der Waals surface area contributed by atoms with Gasteiger partial charge in [-0.15, -0.1) is 0 Å². The van der Waals surface area contributed by atoms with Crippen LogP contribution in [0.15, 0.2) is 18.2 Å². The summed E-state index contributed by atoms with van der Waals surface area (Å²) in [6.45, 7) is 1.55. The van der Waals surface area contributed by atoms with E-state index in [0.717, 1.165) is 6.07 Å². The van der Waals surface area contributed by atoms with Gasteiger partial charge >= 0.3 is 12.1 Å². The number of carbonyl (C=O) groups is 2. The molecule has 4 N–H and O–H groups in total. The van der Waals surface area contributed by atoms with Crippen LogP contribution in [-0.4, -0.2) is 23.0 Å². The van der Waals surface area contributed by atoms with Crippen molar-refractivity contribution in [2.45, 2.75) is 25.6 Å². The summed E-state index contributed by atoms with van der Waals surface area (Å²) >= 11 is 0. The molecule has 0 saturated heterocycles. The van der Waals surface area contributed by atoms with Crippen LogP contribution in [0.4, 0.5) is 18.9 Å². The number of carboxylic acids is 1. The Kier molecular flexibility index (Phi) is 4.72. The van der Waals surface area contributed by atoms with Gasteiger partial charge in [0.1, 0.15) is 0 Å². The molecule has 1 amide bonds. The normalized spacial score (nSPS) is 12.8. The fraction of sp³-hybridized carbons (Fsp3) is 0.333. The van der Waals surface area contributed by atoms with Gasteiger partial charge in [0.25, 0.3) is 0 Å². The van der Waals surface area contributed by atoms with Crippen LogP contribution >= 0.6 is 0 Å². The molecule has 5 nitrogen and oxygen atoms in total. The lowest BCUT2D eigenvalue weighted by molar-refractivity contribution is -0.137. The first-order chi connectivity index (χ1) is 9.11. The molecule has 8 heteroatoms. The molecule has 1 unspecified atom stereocenters. The number of benzene rings is 1. The van der Waals surface area contributed by atoms with Crippen molar-refractivity contribution in [3.63, 3.8) is 0 Å². The van der Waals surface area contributed by atoms with Crippen molar-refractivity contribution in [1.29, 1.82) is 0 Å². The third-order valence-electron chi connectivity index (χ3n) is 2.36. The third kappa shape index (κ3) is 4.23. The van der Waals surface area contributed by atoms with Crippen molar-refractivity contribution >= 4 is 17.6 Å². The second kappa shape index (κ2) is 5.91. The molecule has 0 aliphatic heterocycles. The van der Waals surface area contributed by atoms with E-state index in [0.29, 0.717) is 12.1 Å². The van der Waals surface area contributed by atoms with Crippen LogP contribution in [-0.2, 0) is 11.0 Å². The molecule has 0 aromatic heterocycles. The summed E-state index contributed by atoms with van der Waals surface area (Å²) in [5.41, 5.74) is 3.52. The van der Waals surface area contributed by atoms with E-state index in [9.17, 15) is 22.8 Å². The van der Waals surface area contributed by atoms with Crippen LogP contribution in [0.3, 0.4) is 0 Å². The van der Waals surface area contributed by atoms with Crippen LogP contribution in [0.1, 0.15) is 29.3 Å². The molecule has 1 atom stereocenters. The maximum absolute atomic E-state index is 12.6. The number of aromatic carboxylic acids is 1. The molecule has 20 heavy (non-hydrogen) atoms. The van der Waals surface area contributed by atoms with Gasteiger partial charge in [0, 0.05) is 12.5 Å². The standard InChI is InChI=1S/C12H13F3N2O3/c1-6(16)4-10(18)17-9-5-7(12(13,14)15)2-3-8(9)11(19)20/h2-3,5-6H,4,16H2,1H3,(H,17,18)(H,19,20). The molecular formula is C12H13F3N2O3. The Labute approximate surface area is 112 Å². The predicted molar refractivity (Wildman–Crippen MR) is 65.3 cm³/mol. The van der Waals surface area contributed by atoms with Gasteiger partial charge < -0.3 is 16.2 Å². The quantitative estimate of drug-likeness (QED) is 0.791. The lowest BCUT2D eigenvalue weighted by atomic mass is 10.1. The number of nitrogens with one attached hydrogen (secondary N) is 1. The third-order valence-corrected chi connectivity index (χ3v) is 2.36. The minimum atomic E-state index is -4.63. The fourth-order valence-electron chi connectivity index (χ4n) is 1.50. The molecule has 1 aromatic rings. The van der Waals surface area contributed by atoms with Gasteiger partial charge in [0.05, 0.1) is 16.8 Å². The summed E-state index contributed by atoms with van der Waals surface area (Å²) in [5.74, 6) is -2.09. The predicted octanol–water partition coefficient (Wildman–Crippen LogP) is 2.08. The van der Waals surface area contributed by atoms with Crippen LogP contribution in [0.25, 0.3) is 0 Å². The zero-order valence-electron chi connectivity index (χ0n) is 10.5. The molecule has 110 valence electrons. The number of carbonyl (C=O) groups excluding carboxylic acids is 1. The molecule has 0 spiro atoms. The zero-order chi connectivity index (χ0) is 15.5. The van der Waals surface area contributed by atoms with Gasteiger partial charge in [-0.3, -0.25) is 4.79 Å². The molecule has 0 bridgehead atoms. The number of anilines is 1. The van der Waals surface area contributed by atoms with E-state index in [4.69, 9.17) is 10.8 Å². The number of alkyl halides is 3. The van der Waals surface area contributed by atoms with Crippen LogP contribution in [0.2, 0.25) is 0 Å². The average Bonchev–Trinajstić information content (AvgIpc) is 2.25. The molecule has 0 aliphatic carbocycles. The molecular weight excluding hydrogens is 277 g/mol. The molecule has 1 rings (SSSR count). The minimum absolute atomic E-state index is 0.130. The van der Waals surface area contributed by atoms with Crippen molar-refractivity contribution in [2.75, 3.05) is 5.32 Å². The van der Waals surface area contributed by atoms with Gasteiger partial charge in [-0.05, 0) is 25.1 Å². The Morgan fingerprint density at radius 3 is 2.45 bits per heavy atom. The number of rotatable bonds is 4. The maximum atomic E-state index is 12.6. The van der Waals surface area contributed by atoms with Crippen molar-refractivity contribution < 1.29 is 27.9 Å². The van der Waals surface area contributed by atoms with E-state index >= 15 is 0 Å². The first-order valence-electron chi connectivity index (χ1n) is 5.61. The average molecular weight is 290 g/mol. The molecule has 0 radical (unpaired) electrons. The topological polar surface area (TPSA) is 92.4 Å². The van der Waals surface area contributed by atoms with E-state index < -0.39 is 40.9 Å². The van der Waals surface area contributed by atoms with Crippen molar-refractivity contribution in [3.05, 3.63) is 29.3 Å². The minimum Gasteiger partial charge on any atom is -0.478 e. The summed E-state index contributed by atoms with van der Waals surface area (Å²) in [7, 11) is 0. The second-order valence-electron chi connectivity index (χ2n) is 4.29. The van der Waals surface area contributed by atoms with Gasteiger partial charge in [-0.25, -0.2) is 4.79 Å². The van der Waals surface area contributed by atoms with Gasteiger partial charge in [-0.2, -0.15) is 13.2 Å². The van der Waals surface area contributed by atoms with Crippen LogP contribution < -0.4 is 11.1 Å². The van der Waals surface area contributed by atoms with E-state index in [1.165, 1.54) is 0 Å². The first kappa shape index (κ1) is 16.0. The Morgan fingerprint density at radius 1 is 1.40 bits per heavy atom. The van der Waals surface area contributed by atoms with Crippen molar-refractivity contribution in [3.8, 4) is 0 Å². The zero-order valence-corrected chi connectivity index (χ0v) is 10.5. The van der Waals surface area contributed by atoms with E-state index in [-0.39, 0.29) is 6.42 Å². The van der Waals surface area contributed by atoms with Gasteiger partial charge in [0.15, 0.2) is 0 Å². The molecule has 1 aromatic carbocycles. The Balaban J connectivity index is 3.13. The summed E-state index contributed by atoms with van der Waals surface area (Å²) in [6.07, 6.45) is -4.76. The highest BCUT2D eigenvalue weighted by molar-refractivity contribution is 6.00.